The van der Waals surface area contributed by atoms with Crippen LogP contribution in [0.4, 0.5) is 0 Å². The maximum Gasteiger partial charge on any atom is 0.306 e. The van der Waals surface area contributed by atoms with Crippen molar-refractivity contribution in [1.29, 1.82) is 0 Å². The molecule has 0 amide bonds. The summed E-state index contributed by atoms with van der Waals surface area (Å²) in [6, 6.07) is 14.4. The van der Waals surface area contributed by atoms with Crippen LogP contribution in [0.2, 0.25) is 0 Å². The SMILES string of the molecule is O=C(CCc1ccc(S(=O)(=O)N2CCCCC2)cc1)OCC(=O)c1ccc(C2CCCCC2)cc1. The van der Waals surface area contributed by atoms with E-state index in [0.29, 0.717) is 31.0 Å². The summed E-state index contributed by atoms with van der Waals surface area (Å²) in [5.41, 5.74) is 2.69. The lowest BCUT2D eigenvalue weighted by molar-refractivity contribution is -0.142. The van der Waals surface area contributed by atoms with E-state index in [2.05, 4.69) is 0 Å². The fourth-order valence-electron chi connectivity index (χ4n) is 5.01. The number of hydrogen-bond acceptors (Lipinski definition) is 5. The van der Waals surface area contributed by atoms with Crippen molar-refractivity contribution in [1.82, 2.24) is 4.31 Å². The Morgan fingerprint density at radius 3 is 2.11 bits per heavy atom. The van der Waals surface area contributed by atoms with Crippen molar-refractivity contribution in [3.8, 4) is 0 Å². The number of ether oxygens (including phenoxy) is 1. The summed E-state index contributed by atoms with van der Waals surface area (Å²) in [5, 5.41) is 0. The number of nitrogens with zero attached hydrogens (tertiary/aromatic N) is 1. The number of carbonyl (C=O) groups is 2. The molecule has 1 heterocycles. The number of benzene rings is 2. The number of aryl methyl sites for hydroxylation is 1. The molecule has 6 nitrogen and oxygen atoms in total. The van der Waals surface area contributed by atoms with Crippen LogP contribution in [0.15, 0.2) is 53.4 Å². The molecule has 2 fully saturated rings. The maximum absolute atomic E-state index is 12.7. The average Bonchev–Trinajstić information content (AvgIpc) is 2.92. The van der Waals surface area contributed by atoms with Gasteiger partial charge in [-0.2, -0.15) is 4.31 Å². The van der Waals surface area contributed by atoms with Gasteiger partial charge in [0, 0.05) is 25.1 Å². The lowest BCUT2D eigenvalue weighted by Gasteiger charge is -2.25. The molecule has 4 rings (SSSR count). The van der Waals surface area contributed by atoms with Crippen molar-refractivity contribution in [2.75, 3.05) is 19.7 Å². The number of sulfonamides is 1. The lowest BCUT2D eigenvalue weighted by Crippen LogP contribution is -2.35. The van der Waals surface area contributed by atoms with E-state index in [1.54, 1.807) is 28.6 Å². The minimum atomic E-state index is -3.46. The fourth-order valence-corrected chi connectivity index (χ4v) is 6.52. The van der Waals surface area contributed by atoms with Gasteiger partial charge in [-0.25, -0.2) is 8.42 Å². The zero-order chi connectivity index (χ0) is 24.7. The van der Waals surface area contributed by atoms with Crippen LogP contribution in [-0.2, 0) is 26.0 Å². The van der Waals surface area contributed by atoms with E-state index in [1.165, 1.54) is 37.7 Å². The quantitative estimate of drug-likeness (QED) is 0.348. The van der Waals surface area contributed by atoms with Gasteiger partial charge in [0.1, 0.15) is 0 Å². The molecule has 2 aromatic carbocycles. The van der Waals surface area contributed by atoms with Gasteiger partial charge in [0.25, 0.3) is 0 Å². The van der Waals surface area contributed by atoms with Crippen molar-refractivity contribution >= 4 is 21.8 Å². The molecule has 0 atom stereocenters. The first-order valence-corrected chi connectivity index (χ1v) is 14.3. The molecule has 1 aliphatic carbocycles. The zero-order valence-electron chi connectivity index (χ0n) is 20.3. The van der Waals surface area contributed by atoms with E-state index >= 15 is 0 Å². The highest BCUT2D eigenvalue weighted by atomic mass is 32.2. The number of rotatable bonds is 9. The van der Waals surface area contributed by atoms with E-state index < -0.39 is 16.0 Å². The topological polar surface area (TPSA) is 80.8 Å². The number of piperidine rings is 1. The third-order valence-electron chi connectivity index (χ3n) is 7.17. The standard InChI is InChI=1S/C28H35NO5S/c30-27(25-14-12-24(13-15-25)23-7-3-1-4-8-23)21-34-28(31)18-11-22-9-16-26(17-10-22)35(32,33)29-19-5-2-6-20-29/h9-10,12-17,23H,1-8,11,18-21H2. The van der Waals surface area contributed by atoms with Gasteiger partial charge in [0.2, 0.25) is 10.0 Å². The van der Waals surface area contributed by atoms with Crippen LogP contribution in [0.5, 0.6) is 0 Å². The van der Waals surface area contributed by atoms with E-state index in [1.807, 2.05) is 24.3 Å². The molecular formula is C28H35NO5S. The van der Waals surface area contributed by atoms with Crippen molar-refractivity contribution in [2.45, 2.75) is 75.0 Å². The Morgan fingerprint density at radius 2 is 1.46 bits per heavy atom. The molecule has 0 radical (unpaired) electrons. The van der Waals surface area contributed by atoms with Crippen molar-refractivity contribution in [2.24, 2.45) is 0 Å². The molecule has 2 aliphatic rings. The van der Waals surface area contributed by atoms with E-state index in [9.17, 15) is 18.0 Å². The highest BCUT2D eigenvalue weighted by Gasteiger charge is 2.25. The van der Waals surface area contributed by atoms with Crippen LogP contribution >= 0.6 is 0 Å². The Kier molecular flexibility index (Phi) is 8.74. The third-order valence-corrected chi connectivity index (χ3v) is 9.08. The van der Waals surface area contributed by atoms with Gasteiger partial charge >= 0.3 is 5.97 Å². The molecule has 1 saturated heterocycles. The molecule has 2 aromatic rings. The summed E-state index contributed by atoms with van der Waals surface area (Å²) in [5.74, 6) is -0.0623. The predicted molar refractivity (Wildman–Crippen MR) is 135 cm³/mol. The van der Waals surface area contributed by atoms with Gasteiger partial charge in [0.05, 0.1) is 4.90 Å². The van der Waals surface area contributed by atoms with Crippen LogP contribution in [0.25, 0.3) is 0 Å². The molecule has 0 unspecified atom stereocenters. The van der Waals surface area contributed by atoms with Gasteiger partial charge in [-0.3, -0.25) is 9.59 Å². The van der Waals surface area contributed by atoms with E-state index in [4.69, 9.17) is 4.74 Å². The van der Waals surface area contributed by atoms with E-state index in [0.717, 1.165) is 24.8 Å². The average molecular weight is 498 g/mol. The summed E-state index contributed by atoms with van der Waals surface area (Å²) < 4.78 is 32.2. The Balaban J connectivity index is 1.22. The van der Waals surface area contributed by atoms with Crippen molar-refractivity contribution in [3.63, 3.8) is 0 Å². The molecular weight excluding hydrogens is 462 g/mol. The first-order chi connectivity index (χ1) is 16.9. The molecule has 1 saturated carbocycles. The molecule has 0 bridgehead atoms. The van der Waals surface area contributed by atoms with Gasteiger partial charge < -0.3 is 4.74 Å². The van der Waals surface area contributed by atoms with Gasteiger partial charge in [-0.15, -0.1) is 0 Å². The number of esters is 1. The van der Waals surface area contributed by atoms with Crippen LogP contribution < -0.4 is 0 Å². The molecule has 0 spiro atoms. The molecule has 188 valence electrons. The first-order valence-electron chi connectivity index (χ1n) is 12.8. The maximum atomic E-state index is 12.7. The number of Topliss-reactive ketones (excluding diaryl/α,β-unsaturated/α-hetero) is 1. The highest BCUT2D eigenvalue weighted by Crippen LogP contribution is 2.32. The first kappa shape index (κ1) is 25.6. The zero-order valence-corrected chi connectivity index (χ0v) is 21.1. The van der Waals surface area contributed by atoms with Gasteiger partial charge in [-0.05, 0) is 61.3 Å². The minimum absolute atomic E-state index is 0.131. The number of ketones is 1. The van der Waals surface area contributed by atoms with E-state index in [-0.39, 0.29) is 23.7 Å². The molecule has 0 N–H and O–H groups in total. The van der Waals surface area contributed by atoms with Gasteiger partial charge in [-0.1, -0.05) is 62.1 Å². The summed E-state index contributed by atoms with van der Waals surface area (Å²) in [4.78, 5) is 24.9. The number of hydrogen-bond donors (Lipinski definition) is 0. The molecule has 7 heteroatoms. The second kappa shape index (κ2) is 12.0. The Morgan fingerprint density at radius 1 is 0.829 bits per heavy atom. The van der Waals surface area contributed by atoms with Crippen LogP contribution in [0.1, 0.15) is 85.2 Å². The normalized spacial score (nSPS) is 17.7. The molecule has 1 aliphatic heterocycles. The molecule has 0 aromatic heterocycles. The second-order valence-electron chi connectivity index (χ2n) is 9.65. The van der Waals surface area contributed by atoms with Crippen LogP contribution in [0.3, 0.4) is 0 Å². The second-order valence-corrected chi connectivity index (χ2v) is 11.6. The lowest BCUT2D eigenvalue weighted by atomic mass is 9.84. The highest BCUT2D eigenvalue weighted by molar-refractivity contribution is 7.89. The smallest absolute Gasteiger partial charge is 0.306 e. The largest absolute Gasteiger partial charge is 0.457 e. The summed E-state index contributed by atoms with van der Waals surface area (Å²) in [6.45, 7) is 0.868. The van der Waals surface area contributed by atoms with Crippen LogP contribution in [0, 0.1) is 0 Å². The van der Waals surface area contributed by atoms with Gasteiger partial charge in [0.15, 0.2) is 12.4 Å². The minimum Gasteiger partial charge on any atom is -0.457 e. The summed E-state index contributed by atoms with van der Waals surface area (Å²) in [6.07, 6.45) is 9.68. The number of carbonyl (C=O) groups excluding carboxylic acids is 2. The Hall–Kier alpha value is -2.51. The van der Waals surface area contributed by atoms with Crippen molar-refractivity contribution in [3.05, 3.63) is 65.2 Å². The summed E-state index contributed by atoms with van der Waals surface area (Å²) >= 11 is 0. The summed E-state index contributed by atoms with van der Waals surface area (Å²) in [7, 11) is -3.46. The van der Waals surface area contributed by atoms with Crippen LogP contribution in [-0.4, -0.2) is 44.2 Å². The molecule has 35 heavy (non-hydrogen) atoms. The Bertz CT molecular complexity index is 1100. The fraction of sp³-hybridized carbons (Fsp3) is 0.500. The predicted octanol–water partition coefficient (Wildman–Crippen LogP) is 5.27. The monoisotopic (exact) mass is 497 g/mol. The third kappa shape index (κ3) is 6.79. The van der Waals surface area contributed by atoms with Crippen molar-refractivity contribution < 1.29 is 22.7 Å². The Labute approximate surface area is 208 Å².